The molecule has 2 aromatic rings. The van der Waals surface area contributed by atoms with E-state index in [1.807, 2.05) is 31.2 Å². The molecule has 2 aromatic heterocycles. The quantitative estimate of drug-likeness (QED) is 0.893. The van der Waals surface area contributed by atoms with E-state index >= 15 is 0 Å². The van der Waals surface area contributed by atoms with Crippen LogP contribution in [0.5, 0.6) is 0 Å². The molecule has 0 aliphatic heterocycles. The Kier molecular flexibility index (Phi) is 4.61. The first kappa shape index (κ1) is 13.2. The lowest BCUT2D eigenvalue weighted by molar-refractivity contribution is -0.121. The van der Waals surface area contributed by atoms with Gasteiger partial charge < -0.3 is 5.32 Å². The van der Waals surface area contributed by atoms with E-state index in [0.29, 0.717) is 13.0 Å². The van der Waals surface area contributed by atoms with Gasteiger partial charge in [0, 0.05) is 37.1 Å². The minimum absolute atomic E-state index is 0.0727. The van der Waals surface area contributed by atoms with Crippen molar-refractivity contribution in [2.24, 2.45) is 0 Å². The Morgan fingerprint density at radius 3 is 2.84 bits per heavy atom. The molecule has 0 bridgehead atoms. The summed E-state index contributed by atoms with van der Waals surface area (Å²) in [5, 5.41) is 2.91. The van der Waals surface area contributed by atoms with Crippen molar-refractivity contribution < 1.29 is 4.79 Å². The summed E-state index contributed by atoms with van der Waals surface area (Å²) in [5.41, 5.74) is 2.83. The van der Waals surface area contributed by atoms with Crippen molar-refractivity contribution in [1.82, 2.24) is 15.3 Å². The fraction of sp³-hybridized carbons (Fsp3) is 0.267. The highest BCUT2D eigenvalue weighted by Crippen LogP contribution is 2.19. The van der Waals surface area contributed by atoms with Crippen LogP contribution >= 0.6 is 0 Å². The van der Waals surface area contributed by atoms with Crippen LogP contribution in [-0.2, 0) is 11.3 Å². The molecular weight excluding hydrogens is 238 g/mol. The third kappa shape index (κ3) is 3.61. The largest absolute Gasteiger partial charge is 0.352 e. The van der Waals surface area contributed by atoms with Crippen LogP contribution < -0.4 is 5.32 Å². The number of aromatic nitrogens is 2. The average molecular weight is 255 g/mol. The smallest absolute Gasteiger partial charge is 0.220 e. The van der Waals surface area contributed by atoms with Crippen LogP contribution in [0.3, 0.4) is 0 Å². The number of hydrogen-bond acceptors (Lipinski definition) is 3. The number of pyridine rings is 2. The molecule has 4 nitrogen and oxygen atoms in total. The van der Waals surface area contributed by atoms with E-state index < -0.39 is 0 Å². The maximum atomic E-state index is 11.5. The van der Waals surface area contributed by atoms with Crippen molar-refractivity contribution in [2.75, 3.05) is 0 Å². The molecule has 98 valence electrons. The Balaban J connectivity index is 2.15. The van der Waals surface area contributed by atoms with Crippen molar-refractivity contribution in [3.8, 4) is 11.3 Å². The zero-order valence-electron chi connectivity index (χ0n) is 11.0. The second-order valence-corrected chi connectivity index (χ2v) is 4.28. The van der Waals surface area contributed by atoms with Gasteiger partial charge in [0.05, 0.1) is 5.69 Å². The molecule has 0 aliphatic carbocycles. The lowest BCUT2D eigenvalue weighted by Crippen LogP contribution is -2.22. The molecule has 0 unspecified atom stereocenters. The zero-order valence-corrected chi connectivity index (χ0v) is 11.0. The van der Waals surface area contributed by atoms with Crippen LogP contribution in [-0.4, -0.2) is 15.9 Å². The van der Waals surface area contributed by atoms with Gasteiger partial charge in [-0.05, 0) is 30.2 Å². The van der Waals surface area contributed by atoms with E-state index in [2.05, 4.69) is 15.3 Å². The molecule has 0 aliphatic rings. The van der Waals surface area contributed by atoms with Crippen LogP contribution in [0.15, 0.2) is 42.9 Å². The normalized spacial score (nSPS) is 10.2. The van der Waals surface area contributed by atoms with Gasteiger partial charge in [-0.3, -0.25) is 14.8 Å². The summed E-state index contributed by atoms with van der Waals surface area (Å²) in [6.07, 6.45) is 6.67. The second kappa shape index (κ2) is 6.64. The van der Waals surface area contributed by atoms with Gasteiger partial charge in [0.25, 0.3) is 0 Å². The van der Waals surface area contributed by atoms with Gasteiger partial charge in [-0.25, -0.2) is 0 Å². The Bertz CT molecular complexity index is 540. The second-order valence-electron chi connectivity index (χ2n) is 4.28. The number of rotatable bonds is 5. The molecular formula is C15H17N3O. The first-order chi connectivity index (χ1) is 9.31. The van der Waals surface area contributed by atoms with Crippen LogP contribution in [0.25, 0.3) is 11.3 Å². The van der Waals surface area contributed by atoms with Crippen molar-refractivity contribution in [1.29, 1.82) is 0 Å². The molecule has 0 spiro atoms. The summed E-state index contributed by atoms with van der Waals surface area (Å²) in [5.74, 6) is 0.0727. The third-order valence-electron chi connectivity index (χ3n) is 2.78. The van der Waals surface area contributed by atoms with E-state index in [0.717, 1.165) is 23.2 Å². The summed E-state index contributed by atoms with van der Waals surface area (Å²) in [7, 11) is 0. The molecule has 0 saturated heterocycles. The number of hydrogen-bond donors (Lipinski definition) is 1. The van der Waals surface area contributed by atoms with Crippen LogP contribution in [0, 0.1) is 0 Å². The molecule has 1 N–H and O–H groups in total. The number of nitrogens with zero attached hydrogens (tertiary/aromatic N) is 2. The standard InChI is InChI=1S/C15H17N3O/c1-2-5-14(19)18-11-13-7-4-9-17-15(13)12-6-3-8-16-10-12/h3-4,6-10H,2,5,11H2,1H3,(H,18,19). The molecule has 0 saturated carbocycles. The first-order valence-corrected chi connectivity index (χ1v) is 6.42. The number of nitrogens with one attached hydrogen (secondary N) is 1. The van der Waals surface area contributed by atoms with Gasteiger partial charge in [-0.1, -0.05) is 13.0 Å². The summed E-state index contributed by atoms with van der Waals surface area (Å²) >= 11 is 0. The summed E-state index contributed by atoms with van der Waals surface area (Å²) in [6.45, 7) is 2.49. The van der Waals surface area contributed by atoms with Crippen LogP contribution in [0.4, 0.5) is 0 Å². The highest BCUT2D eigenvalue weighted by Gasteiger charge is 2.07. The van der Waals surface area contributed by atoms with E-state index in [1.54, 1.807) is 18.6 Å². The number of carbonyl (C=O) groups excluding carboxylic acids is 1. The van der Waals surface area contributed by atoms with Crippen molar-refractivity contribution in [3.63, 3.8) is 0 Å². The molecule has 19 heavy (non-hydrogen) atoms. The minimum atomic E-state index is 0.0727. The van der Waals surface area contributed by atoms with E-state index in [1.165, 1.54) is 0 Å². The maximum Gasteiger partial charge on any atom is 0.220 e. The average Bonchev–Trinajstić information content (AvgIpc) is 2.47. The molecule has 1 amide bonds. The highest BCUT2D eigenvalue weighted by molar-refractivity contribution is 5.76. The Morgan fingerprint density at radius 2 is 2.11 bits per heavy atom. The Hall–Kier alpha value is -2.23. The summed E-state index contributed by atoms with van der Waals surface area (Å²) in [4.78, 5) is 20.0. The third-order valence-corrected chi connectivity index (χ3v) is 2.78. The topological polar surface area (TPSA) is 54.9 Å². The van der Waals surface area contributed by atoms with Crippen molar-refractivity contribution in [3.05, 3.63) is 48.4 Å². The first-order valence-electron chi connectivity index (χ1n) is 6.42. The van der Waals surface area contributed by atoms with Gasteiger partial charge in [-0.15, -0.1) is 0 Å². The molecule has 0 aromatic carbocycles. The Morgan fingerprint density at radius 1 is 1.26 bits per heavy atom. The van der Waals surface area contributed by atoms with Gasteiger partial charge in [0.1, 0.15) is 0 Å². The van der Waals surface area contributed by atoms with E-state index in [9.17, 15) is 4.79 Å². The predicted molar refractivity (Wildman–Crippen MR) is 74.2 cm³/mol. The van der Waals surface area contributed by atoms with Crippen molar-refractivity contribution >= 4 is 5.91 Å². The summed E-state index contributed by atoms with van der Waals surface area (Å²) in [6, 6.07) is 7.69. The van der Waals surface area contributed by atoms with Gasteiger partial charge in [-0.2, -0.15) is 0 Å². The lowest BCUT2D eigenvalue weighted by atomic mass is 10.1. The SMILES string of the molecule is CCCC(=O)NCc1cccnc1-c1cccnc1. The van der Waals surface area contributed by atoms with Gasteiger partial charge >= 0.3 is 0 Å². The predicted octanol–water partition coefficient (Wildman–Crippen LogP) is 2.56. The van der Waals surface area contributed by atoms with Gasteiger partial charge in [0.15, 0.2) is 0 Å². The minimum Gasteiger partial charge on any atom is -0.352 e. The van der Waals surface area contributed by atoms with Crippen molar-refractivity contribution in [2.45, 2.75) is 26.3 Å². The zero-order chi connectivity index (χ0) is 13.5. The van der Waals surface area contributed by atoms with Gasteiger partial charge in [0.2, 0.25) is 5.91 Å². The maximum absolute atomic E-state index is 11.5. The molecule has 2 rings (SSSR count). The fourth-order valence-electron chi connectivity index (χ4n) is 1.85. The summed E-state index contributed by atoms with van der Waals surface area (Å²) < 4.78 is 0. The van der Waals surface area contributed by atoms with Crippen LogP contribution in [0.2, 0.25) is 0 Å². The molecule has 0 radical (unpaired) electrons. The number of amides is 1. The Labute approximate surface area is 112 Å². The molecule has 0 fully saturated rings. The highest BCUT2D eigenvalue weighted by atomic mass is 16.1. The van der Waals surface area contributed by atoms with E-state index in [4.69, 9.17) is 0 Å². The monoisotopic (exact) mass is 255 g/mol. The fourth-order valence-corrected chi connectivity index (χ4v) is 1.85. The van der Waals surface area contributed by atoms with Crippen LogP contribution in [0.1, 0.15) is 25.3 Å². The molecule has 2 heterocycles. The van der Waals surface area contributed by atoms with E-state index in [-0.39, 0.29) is 5.91 Å². The lowest BCUT2D eigenvalue weighted by Gasteiger charge is -2.09. The molecule has 0 atom stereocenters. The molecule has 4 heteroatoms. The number of carbonyl (C=O) groups is 1.